The number of nitrogens with one attached hydrogen (secondary N) is 1. The van der Waals surface area contributed by atoms with Crippen LogP contribution in [0.15, 0.2) is 12.1 Å². The van der Waals surface area contributed by atoms with Gasteiger partial charge in [0.05, 0.1) is 11.7 Å². The molecule has 1 atom stereocenters. The van der Waals surface area contributed by atoms with Crippen molar-refractivity contribution in [2.24, 2.45) is 0 Å². The fourth-order valence-electron chi connectivity index (χ4n) is 2.27. The maximum atomic E-state index is 13.3. The van der Waals surface area contributed by atoms with Gasteiger partial charge in [0.25, 0.3) is 0 Å². The minimum absolute atomic E-state index is 0.0569. The number of halogens is 2. The number of hydrogen-bond donors (Lipinski definition) is 3. The van der Waals surface area contributed by atoms with Crippen molar-refractivity contribution in [1.82, 2.24) is 10.2 Å². The second kappa shape index (κ2) is 5.49. The Hall–Kier alpha value is -1.40. The first-order valence-electron chi connectivity index (χ1n) is 5.92. The monoisotopic (exact) mass is 257 g/mol. The Kier molecular flexibility index (Phi) is 3.98. The summed E-state index contributed by atoms with van der Waals surface area (Å²) in [6.45, 7) is 2.13. The number of nitrogens with two attached hydrogens (primary N) is 1. The summed E-state index contributed by atoms with van der Waals surface area (Å²) in [6.07, 6.45) is 0. The largest absolute Gasteiger partial charge is 0.505 e. The van der Waals surface area contributed by atoms with E-state index in [2.05, 4.69) is 5.32 Å². The topological polar surface area (TPSA) is 61.5 Å². The molecule has 0 bridgehead atoms. The van der Waals surface area contributed by atoms with E-state index in [4.69, 9.17) is 5.73 Å². The van der Waals surface area contributed by atoms with Gasteiger partial charge in [-0.25, -0.2) is 8.78 Å². The van der Waals surface area contributed by atoms with Gasteiger partial charge in [-0.3, -0.25) is 4.90 Å². The zero-order valence-electron chi connectivity index (χ0n) is 10.00. The van der Waals surface area contributed by atoms with Gasteiger partial charge in [0.15, 0.2) is 0 Å². The van der Waals surface area contributed by atoms with E-state index in [1.54, 1.807) is 0 Å². The van der Waals surface area contributed by atoms with E-state index >= 15 is 0 Å². The van der Waals surface area contributed by atoms with E-state index in [9.17, 15) is 13.9 Å². The van der Waals surface area contributed by atoms with Crippen LogP contribution in [0.2, 0.25) is 0 Å². The summed E-state index contributed by atoms with van der Waals surface area (Å²) in [7, 11) is 0. The van der Waals surface area contributed by atoms with Crippen LogP contribution in [-0.2, 0) is 0 Å². The normalized spacial score (nSPS) is 18.8. The third-order valence-corrected chi connectivity index (χ3v) is 3.23. The van der Waals surface area contributed by atoms with Gasteiger partial charge < -0.3 is 16.2 Å². The number of aromatic hydroxyl groups is 1. The predicted octanol–water partition coefficient (Wildman–Crippen LogP) is 1.03. The lowest BCUT2D eigenvalue weighted by atomic mass is 10.0. The van der Waals surface area contributed by atoms with E-state index in [0.717, 1.165) is 25.2 Å². The van der Waals surface area contributed by atoms with Crippen LogP contribution in [0.25, 0.3) is 0 Å². The van der Waals surface area contributed by atoms with E-state index in [-0.39, 0.29) is 17.0 Å². The molecule has 1 aromatic rings. The molecule has 4 nitrogen and oxygen atoms in total. The standard InChI is InChI=1S/C12H17F2N3O/c13-7-11(17-3-1-16-2-4-17)9-5-8(14)6-10(15)12(9)18/h5-6,11,16,18H,1-4,7,15H2/t11-/m0/s1. The highest BCUT2D eigenvalue weighted by Crippen LogP contribution is 2.34. The molecular weight excluding hydrogens is 240 g/mol. The van der Waals surface area contributed by atoms with Gasteiger partial charge in [0, 0.05) is 37.8 Å². The predicted molar refractivity (Wildman–Crippen MR) is 65.6 cm³/mol. The molecule has 1 heterocycles. The number of anilines is 1. The Morgan fingerprint density at radius 2 is 2.06 bits per heavy atom. The first-order valence-corrected chi connectivity index (χ1v) is 5.92. The first kappa shape index (κ1) is 13.0. The zero-order chi connectivity index (χ0) is 13.1. The van der Waals surface area contributed by atoms with Crippen LogP contribution in [0.1, 0.15) is 11.6 Å². The molecule has 0 spiro atoms. The maximum absolute atomic E-state index is 13.3. The van der Waals surface area contributed by atoms with Gasteiger partial charge in [-0.2, -0.15) is 0 Å². The minimum Gasteiger partial charge on any atom is -0.505 e. The quantitative estimate of drug-likeness (QED) is 0.559. The molecule has 0 aliphatic carbocycles. The van der Waals surface area contributed by atoms with E-state index < -0.39 is 18.5 Å². The molecule has 4 N–H and O–H groups in total. The van der Waals surface area contributed by atoms with Gasteiger partial charge in [-0.05, 0) is 6.07 Å². The molecule has 0 amide bonds. The molecule has 0 radical (unpaired) electrons. The minimum atomic E-state index is -0.684. The highest BCUT2D eigenvalue weighted by atomic mass is 19.1. The van der Waals surface area contributed by atoms with Crippen molar-refractivity contribution in [2.75, 3.05) is 38.6 Å². The molecule has 1 fully saturated rings. The molecule has 1 aliphatic rings. The number of nitrogen functional groups attached to an aromatic ring is 1. The second-order valence-electron chi connectivity index (χ2n) is 4.39. The third-order valence-electron chi connectivity index (χ3n) is 3.23. The van der Waals surface area contributed by atoms with E-state index in [1.807, 2.05) is 4.90 Å². The van der Waals surface area contributed by atoms with Crippen LogP contribution in [-0.4, -0.2) is 42.9 Å². The molecule has 6 heteroatoms. The molecule has 1 aliphatic heterocycles. The fourth-order valence-corrected chi connectivity index (χ4v) is 2.27. The molecule has 0 unspecified atom stereocenters. The number of phenolic OH excluding ortho intramolecular Hbond substituents is 1. The Morgan fingerprint density at radius 1 is 1.39 bits per heavy atom. The van der Waals surface area contributed by atoms with Crippen LogP contribution in [0.5, 0.6) is 5.75 Å². The van der Waals surface area contributed by atoms with Crippen molar-refractivity contribution in [3.63, 3.8) is 0 Å². The third kappa shape index (κ3) is 2.54. The highest BCUT2D eigenvalue weighted by Gasteiger charge is 2.25. The van der Waals surface area contributed by atoms with Crippen molar-refractivity contribution in [2.45, 2.75) is 6.04 Å². The number of piperazine rings is 1. The van der Waals surface area contributed by atoms with Crippen molar-refractivity contribution < 1.29 is 13.9 Å². The van der Waals surface area contributed by atoms with E-state index in [1.165, 1.54) is 0 Å². The van der Waals surface area contributed by atoms with Gasteiger partial charge in [-0.1, -0.05) is 0 Å². The summed E-state index contributed by atoms with van der Waals surface area (Å²) >= 11 is 0. The second-order valence-corrected chi connectivity index (χ2v) is 4.39. The number of phenols is 1. The van der Waals surface area contributed by atoms with Crippen molar-refractivity contribution in [3.05, 3.63) is 23.5 Å². The van der Waals surface area contributed by atoms with Crippen LogP contribution >= 0.6 is 0 Å². The molecule has 18 heavy (non-hydrogen) atoms. The summed E-state index contributed by atoms with van der Waals surface area (Å²) in [4.78, 5) is 1.88. The van der Waals surface area contributed by atoms with Crippen LogP contribution in [0, 0.1) is 5.82 Å². The number of alkyl halides is 1. The van der Waals surface area contributed by atoms with Gasteiger partial charge in [0.1, 0.15) is 18.2 Å². The Balaban J connectivity index is 2.31. The lowest BCUT2D eigenvalue weighted by Crippen LogP contribution is -2.45. The Morgan fingerprint density at radius 3 is 2.67 bits per heavy atom. The molecule has 2 rings (SSSR count). The smallest absolute Gasteiger partial charge is 0.143 e. The summed E-state index contributed by atoms with van der Waals surface area (Å²) in [5, 5.41) is 13.0. The fraction of sp³-hybridized carbons (Fsp3) is 0.500. The van der Waals surface area contributed by atoms with Crippen molar-refractivity contribution in [1.29, 1.82) is 0 Å². The number of nitrogens with zero attached hydrogens (tertiary/aromatic N) is 1. The molecule has 0 aromatic heterocycles. The van der Waals surface area contributed by atoms with Gasteiger partial charge in [-0.15, -0.1) is 0 Å². The van der Waals surface area contributed by atoms with Gasteiger partial charge in [0.2, 0.25) is 0 Å². The van der Waals surface area contributed by atoms with Crippen LogP contribution < -0.4 is 11.1 Å². The molecule has 1 aromatic carbocycles. The van der Waals surface area contributed by atoms with Crippen molar-refractivity contribution in [3.8, 4) is 5.75 Å². The van der Waals surface area contributed by atoms with E-state index in [0.29, 0.717) is 13.1 Å². The van der Waals surface area contributed by atoms with Crippen LogP contribution in [0.3, 0.4) is 0 Å². The van der Waals surface area contributed by atoms with Gasteiger partial charge >= 0.3 is 0 Å². The summed E-state index contributed by atoms with van der Waals surface area (Å²) in [5.74, 6) is -0.786. The number of hydrogen-bond acceptors (Lipinski definition) is 4. The lowest BCUT2D eigenvalue weighted by molar-refractivity contribution is 0.145. The lowest BCUT2D eigenvalue weighted by Gasteiger charge is -2.34. The number of rotatable bonds is 3. The summed E-state index contributed by atoms with van der Waals surface area (Å²) in [6, 6.07) is 1.54. The average Bonchev–Trinajstić information content (AvgIpc) is 2.37. The first-order chi connectivity index (χ1) is 8.63. The Labute approximate surface area is 104 Å². The van der Waals surface area contributed by atoms with Crippen LogP contribution in [0.4, 0.5) is 14.5 Å². The highest BCUT2D eigenvalue weighted by molar-refractivity contribution is 5.57. The Bertz CT molecular complexity index is 422. The number of benzene rings is 1. The maximum Gasteiger partial charge on any atom is 0.143 e. The SMILES string of the molecule is Nc1cc(F)cc([C@H](CF)N2CCNCC2)c1O. The van der Waals surface area contributed by atoms with Crippen molar-refractivity contribution >= 4 is 5.69 Å². The summed E-state index contributed by atoms with van der Waals surface area (Å²) < 4.78 is 26.6. The molecule has 1 saturated heterocycles. The molecule has 100 valence electrons. The zero-order valence-corrected chi connectivity index (χ0v) is 10.00. The average molecular weight is 257 g/mol. The molecular formula is C12H17F2N3O. The molecule has 0 saturated carbocycles. The summed E-state index contributed by atoms with van der Waals surface area (Å²) in [5.41, 5.74) is 5.66.